The summed E-state index contributed by atoms with van der Waals surface area (Å²) < 4.78 is 7.12. The number of nitrogens with zero attached hydrogens (tertiary/aromatic N) is 4. The number of benzene rings is 1. The molecule has 36 heavy (non-hydrogen) atoms. The molecule has 7 nitrogen and oxygen atoms in total. The van der Waals surface area contributed by atoms with E-state index in [-0.39, 0.29) is 6.10 Å². The van der Waals surface area contributed by atoms with E-state index in [1.54, 1.807) is 11.3 Å². The van der Waals surface area contributed by atoms with E-state index in [4.69, 9.17) is 20.4 Å². The number of fused-ring (bicyclic) bond motifs is 1. The van der Waals surface area contributed by atoms with Crippen molar-refractivity contribution in [1.29, 1.82) is 0 Å². The molecule has 1 atom stereocenters. The molecule has 1 aliphatic rings. The van der Waals surface area contributed by atoms with Crippen LogP contribution in [0.1, 0.15) is 22.9 Å². The summed E-state index contributed by atoms with van der Waals surface area (Å²) in [6, 6.07) is 16.5. The second-order valence-electron chi connectivity index (χ2n) is 8.56. The molecule has 1 aromatic carbocycles. The number of pyridine rings is 2. The van der Waals surface area contributed by atoms with Crippen molar-refractivity contribution in [3.05, 3.63) is 87.7 Å². The zero-order chi connectivity index (χ0) is 24.5. The van der Waals surface area contributed by atoms with Crippen LogP contribution in [0.4, 0.5) is 5.82 Å². The summed E-state index contributed by atoms with van der Waals surface area (Å²) in [6.45, 7) is 2.17. The van der Waals surface area contributed by atoms with Crippen molar-refractivity contribution < 1.29 is 4.74 Å². The highest BCUT2D eigenvalue weighted by Gasteiger charge is 2.27. The van der Waals surface area contributed by atoms with Crippen LogP contribution in [0.5, 0.6) is 0 Å². The van der Waals surface area contributed by atoms with Crippen molar-refractivity contribution in [1.82, 2.24) is 25.3 Å². The zero-order valence-corrected chi connectivity index (χ0v) is 21.7. The Bertz CT molecular complexity index is 1530. The number of ether oxygens (including phenoxy) is 1. The van der Waals surface area contributed by atoms with Crippen LogP contribution in [0, 0.1) is 0 Å². The Kier molecular flexibility index (Phi) is 6.45. The van der Waals surface area contributed by atoms with E-state index in [9.17, 15) is 0 Å². The molecule has 0 bridgehead atoms. The first-order valence-electron chi connectivity index (χ1n) is 11.7. The number of nitrogens with two attached hydrogens (primary N) is 1. The molecule has 3 N–H and O–H groups in total. The summed E-state index contributed by atoms with van der Waals surface area (Å²) in [4.78, 5) is 19.8. The van der Waals surface area contributed by atoms with Crippen LogP contribution in [0.3, 0.4) is 0 Å². The fourth-order valence-corrected chi connectivity index (χ4v) is 6.19. The highest BCUT2D eigenvalue weighted by molar-refractivity contribution is 9.10. The lowest BCUT2D eigenvalue weighted by atomic mass is 9.91. The first-order valence-corrected chi connectivity index (χ1v) is 13.4. The number of hydrogen-bond acceptors (Lipinski definition) is 8. The van der Waals surface area contributed by atoms with Gasteiger partial charge in [0.1, 0.15) is 18.2 Å². The Morgan fingerprint density at radius 2 is 2.00 bits per heavy atom. The van der Waals surface area contributed by atoms with Gasteiger partial charge in [0.2, 0.25) is 0 Å². The van der Waals surface area contributed by atoms with Gasteiger partial charge in [-0.1, -0.05) is 30.3 Å². The van der Waals surface area contributed by atoms with Gasteiger partial charge in [0.05, 0.1) is 23.4 Å². The summed E-state index contributed by atoms with van der Waals surface area (Å²) in [5, 5.41) is 6.26. The van der Waals surface area contributed by atoms with Crippen molar-refractivity contribution in [2.45, 2.75) is 12.5 Å². The van der Waals surface area contributed by atoms with Gasteiger partial charge in [0.25, 0.3) is 0 Å². The largest absolute Gasteiger partial charge is 0.383 e. The normalized spacial score (nSPS) is 15.9. The SMILES string of the molecule is Nc1ncnc2nc(-c3cccnc3C3CNCCO3)c(Cc3ccccc3)c(-c3cc(Br)cs3)c12. The maximum atomic E-state index is 6.46. The first-order chi connectivity index (χ1) is 17.7. The average Bonchev–Trinajstić information content (AvgIpc) is 3.35. The average molecular weight is 559 g/mol. The summed E-state index contributed by atoms with van der Waals surface area (Å²) in [5.74, 6) is 0.416. The van der Waals surface area contributed by atoms with Gasteiger partial charge in [-0.25, -0.2) is 15.0 Å². The van der Waals surface area contributed by atoms with Gasteiger partial charge >= 0.3 is 0 Å². The van der Waals surface area contributed by atoms with Crippen molar-refractivity contribution in [2.24, 2.45) is 0 Å². The topological polar surface area (TPSA) is 98.8 Å². The lowest BCUT2D eigenvalue weighted by molar-refractivity contribution is 0.0254. The monoisotopic (exact) mass is 558 g/mol. The highest BCUT2D eigenvalue weighted by atomic mass is 79.9. The van der Waals surface area contributed by atoms with Crippen molar-refractivity contribution in [2.75, 3.05) is 25.4 Å². The zero-order valence-electron chi connectivity index (χ0n) is 19.3. The minimum atomic E-state index is -0.160. The minimum absolute atomic E-state index is 0.160. The molecule has 0 spiro atoms. The number of halogens is 1. The third-order valence-corrected chi connectivity index (χ3v) is 7.98. The predicted molar refractivity (Wildman–Crippen MR) is 147 cm³/mol. The number of thiophene rings is 1. The van der Waals surface area contributed by atoms with Crippen molar-refractivity contribution >= 4 is 44.1 Å². The fourth-order valence-electron chi connectivity index (χ4n) is 4.68. The molecule has 5 heterocycles. The summed E-state index contributed by atoms with van der Waals surface area (Å²) >= 11 is 5.28. The molecule has 1 unspecified atom stereocenters. The van der Waals surface area contributed by atoms with Crippen LogP contribution in [0.2, 0.25) is 0 Å². The quantitative estimate of drug-likeness (QED) is 0.297. The maximum absolute atomic E-state index is 6.46. The number of aromatic nitrogens is 4. The van der Waals surface area contributed by atoms with E-state index in [1.165, 1.54) is 11.9 Å². The fraction of sp³-hybridized carbons (Fsp3) is 0.185. The number of rotatable bonds is 5. The summed E-state index contributed by atoms with van der Waals surface area (Å²) in [6.07, 6.45) is 3.78. The van der Waals surface area contributed by atoms with E-state index in [0.717, 1.165) is 49.4 Å². The van der Waals surface area contributed by atoms with Gasteiger partial charge in [-0.15, -0.1) is 11.3 Å². The summed E-state index contributed by atoms with van der Waals surface area (Å²) in [5.41, 5.74) is 12.9. The van der Waals surface area contributed by atoms with Gasteiger partial charge < -0.3 is 15.8 Å². The number of nitrogens with one attached hydrogen (secondary N) is 1. The van der Waals surface area contributed by atoms with Gasteiger partial charge in [-0.2, -0.15) is 0 Å². The van der Waals surface area contributed by atoms with E-state index in [2.05, 4.69) is 73.0 Å². The standard InChI is InChI=1S/C27H23BrN6OS/c28-17-12-21(36-14-17)22-19(11-16-5-2-1-3-6-16)24(34-27-23(22)26(29)32-15-33-27)18-7-4-8-31-25(18)20-13-30-9-10-35-20/h1-8,12,14-15,20,30H,9-11,13H2,(H2,29,32,33,34). The van der Waals surface area contributed by atoms with Crippen LogP contribution in [-0.4, -0.2) is 39.6 Å². The Labute approximate surface area is 220 Å². The van der Waals surface area contributed by atoms with Crippen LogP contribution in [0.15, 0.2) is 70.9 Å². The Hall–Kier alpha value is -3.24. The molecular formula is C27H23BrN6OS. The smallest absolute Gasteiger partial charge is 0.165 e. The van der Waals surface area contributed by atoms with Crippen LogP contribution in [0.25, 0.3) is 32.7 Å². The van der Waals surface area contributed by atoms with E-state index < -0.39 is 0 Å². The van der Waals surface area contributed by atoms with Gasteiger partial charge in [-0.3, -0.25) is 4.98 Å². The molecule has 1 saturated heterocycles. The Morgan fingerprint density at radius 3 is 2.78 bits per heavy atom. The Balaban J connectivity index is 1.68. The molecule has 5 aromatic rings. The highest BCUT2D eigenvalue weighted by Crippen LogP contribution is 2.43. The van der Waals surface area contributed by atoms with E-state index in [1.807, 2.05) is 18.3 Å². The molecule has 6 rings (SSSR count). The lowest BCUT2D eigenvalue weighted by Gasteiger charge is -2.25. The van der Waals surface area contributed by atoms with Crippen LogP contribution < -0.4 is 11.1 Å². The molecule has 0 amide bonds. The van der Waals surface area contributed by atoms with E-state index >= 15 is 0 Å². The molecule has 1 fully saturated rings. The Morgan fingerprint density at radius 1 is 1.11 bits per heavy atom. The lowest BCUT2D eigenvalue weighted by Crippen LogP contribution is -2.34. The van der Waals surface area contributed by atoms with E-state index in [0.29, 0.717) is 31.0 Å². The molecule has 0 saturated carbocycles. The second-order valence-corrected chi connectivity index (χ2v) is 10.4. The summed E-state index contributed by atoms with van der Waals surface area (Å²) in [7, 11) is 0. The van der Waals surface area contributed by atoms with Crippen molar-refractivity contribution in [3.8, 4) is 21.7 Å². The van der Waals surface area contributed by atoms with Crippen LogP contribution in [-0.2, 0) is 11.2 Å². The van der Waals surface area contributed by atoms with Crippen molar-refractivity contribution in [3.63, 3.8) is 0 Å². The molecule has 0 aliphatic carbocycles. The molecule has 180 valence electrons. The minimum Gasteiger partial charge on any atom is -0.383 e. The van der Waals surface area contributed by atoms with Gasteiger partial charge in [-0.05, 0) is 45.3 Å². The third kappa shape index (κ3) is 4.39. The molecule has 0 radical (unpaired) electrons. The molecule has 4 aromatic heterocycles. The van der Waals surface area contributed by atoms with Gasteiger partial charge in [0, 0.05) is 51.6 Å². The second kappa shape index (κ2) is 10.0. The molecule has 1 aliphatic heterocycles. The van der Waals surface area contributed by atoms with Crippen LogP contribution >= 0.6 is 27.3 Å². The number of hydrogen-bond donors (Lipinski definition) is 2. The molecule has 9 heteroatoms. The maximum Gasteiger partial charge on any atom is 0.165 e. The van der Waals surface area contributed by atoms with Gasteiger partial charge in [0.15, 0.2) is 5.65 Å². The first kappa shape index (κ1) is 23.2. The third-order valence-electron chi connectivity index (χ3n) is 6.28. The number of nitrogen functional groups attached to an aromatic ring is 1. The number of anilines is 1. The predicted octanol–water partition coefficient (Wildman–Crippen LogP) is 5.41. The number of morpholine rings is 1. The molecular weight excluding hydrogens is 536 g/mol.